The smallest absolute Gasteiger partial charge is 0.256 e. The average Bonchev–Trinajstić information content (AvgIpc) is 2.38. The van der Waals surface area contributed by atoms with Crippen LogP contribution >= 0.6 is 11.6 Å². The molecule has 0 fully saturated rings. The first-order valence-electron chi connectivity index (χ1n) is 7.01. The van der Waals surface area contributed by atoms with E-state index >= 15 is 0 Å². The zero-order valence-corrected chi connectivity index (χ0v) is 12.8. The van der Waals surface area contributed by atoms with Crippen LogP contribution in [0, 0.1) is 6.92 Å². The number of nitrogens with zero attached hydrogens (tertiary/aromatic N) is 2. The molecule has 0 saturated heterocycles. The molecule has 1 aromatic rings. The highest BCUT2D eigenvalue weighted by atomic mass is 35.5. The molecule has 0 aliphatic rings. The van der Waals surface area contributed by atoms with E-state index in [-0.39, 0.29) is 5.91 Å². The number of aromatic nitrogens is 1. The highest BCUT2D eigenvalue weighted by Crippen LogP contribution is 2.18. The van der Waals surface area contributed by atoms with Gasteiger partial charge in [-0.05, 0) is 25.8 Å². The molecule has 4 heteroatoms. The first-order chi connectivity index (χ1) is 9.10. The lowest BCUT2D eigenvalue weighted by atomic mass is 10.2. The van der Waals surface area contributed by atoms with Crippen molar-refractivity contribution in [3.05, 3.63) is 28.5 Å². The van der Waals surface area contributed by atoms with E-state index in [1.165, 1.54) is 0 Å². The number of carbonyl (C=O) groups is 1. The Balaban J connectivity index is 2.84. The van der Waals surface area contributed by atoms with E-state index in [1.807, 2.05) is 11.8 Å². The summed E-state index contributed by atoms with van der Waals surface area (Å²) in [5, 5.41) is 0.496. The van der Waals surface area contributed by atoms with E-state index < -0.39 is 0 Å². The zero-order valence-electron chi connectivity index (χ0n) is 12.1. The van der Waals surface area contributed by atoms with Gasteiger partial charge in [0.2, 0.25) is 0 Å². The molecule has 1 rings (SSSR count). The lowest BCUT2D eigenvalue weighted by Gasteiger charge is -2.22. The largest absolute Gasteiger partial charge is 0.339 e. The third kappa shape index (κ3) is 4.83. The third-order valence-electron chi connectivity index (χ3n) is 3.07. The van der Waals surface area contributed by atoms with Crippen LogP contribution in [-0.2, 0) is 0 Å². The maximum Gasteiger partial charge on any atom is 0.256 e. The molecule has 0 bridgehead atoms. The highest BCUT2D eigenvalue weighted by molar-refractivity contribution is 6.33. The van der Waals surface area contributed by atoms with Gasteiger partial charge in [0, 0.05) is 25.0 Å². The lowest BCUT2D eigenvalue weighted by molar-refractivity contribution is 0.0751. The minimum absolute atomic E-state index is 0.000556. The van der Waals surface area contributed by atoms with Crippen LogP contribution in [0.1, 0.15) is 55.6 Å². The number of pyridine rings is 1. The first kappa shape index (κ1) is 16.0. The molecule has 0 aromatic carbocycles. The molecule has 1 aromatic heterocycles. The molecule has 0 aliphatic carbocycles. The minimum atomic E-state index is -0.000556. The lowest BCUT2D eigenvalue weighted by Crippen LogP contribution is -2.33. The molecule has 0 saturated carbocycles. The quantitative estimate of drug-likeness (QED) is 0.755. The van der Waals surface area contributed by atoms with Gasteiger partial charge in [-0.1, -0.05) is 38.3 Å². The molecular weight excluding hydrogens is 260 g/mol. The Morgan fingerprint density at radius 1 is 1.26 bits per heavy atom. The van der Waals surface area contributed by atoms with E-state index in [0.29, 0.717) is 10.6 Å². The topological polar surface area (TPSA) is 33.2 Å². The van der Waals surface area contributed by atoms with Crippen LogP contribution in [-0.4, -0.2) is 28.9 Å². The Hall–Kier alpha value is -1.09. The molecule has 0 N–H and O–H groups in total. The Morgan fingerprint density at radius 3 is 2.32 bits per heavy atom. The molecule has 19 heavy (non-hydrogen) atoms. The van der Waals surface area contributed by atoms with Gasteiger partial charge < -0.3 is 4.90 Å². The van der Waals surface area contributed by atoms with Gasteiger partial charge in [0.15, 0.2) is 0 Å². The number of carbonyl (C=O) groups excluding carboxylic acids is 1. The summed E-state index contributed by atoms with van der Waals surface area (Å²) in [6, 6.07) is 1.74. The number of hydrogen-bond donors (Lipinski definition) is 0. The Labute approximate surface area is 121 Å². The number of amides is 1. The first-order valence-corrected chi connectivity index (χ1v) is 7.39. The molecule has 3 nitrogen and oxygen atoms in total. The van der Waals surface area contributed by atoms with Crippen LogP contribution in [0.25, 0.3) is 0 Å². The molecule has 0 unspecified atom stereocenters. The predicted molar refractivity (Wildman–Crippen MR) is 79.7 cm³/mol. The van der Waals surface area contributed by atoms with Crippen molar-refractivity contribution in [2.45, 2.75) is 46.5 Å². The van der Waals surface area contributed by atoms with Crippen molar-refractivity contribution in [3.8, 4) is 0 Å². The summed E-state index contributed by atoms with van der Waals surface area (Å²) in [7, 11) is 0. The molecule has 0 spiro atoms. The summed E-state index contributed by atoms with van der Waals surface area (Å²) < 4.78 is 0. The van der Waals surface area contributed by atoms with Crippen LogP contribution in [0.3, 0.4) is 0 Å². The van der Waals surface area contributed by atoms with E-state index in [4.69, 9.17) is 11.6 Å². The van der Waals surface area contributed by atoms with Gasteiger partial charge in [-0.2, -0.15) is 0 Å². The average molecular weight is 283 g/mol. The molecule has 106 valence electrons. The number of unbranched alkanes of at least 4 members (excludes halogenated alkanes) is 2. The Morgan fingerprint density at radius 2 is 1.84 bits per heavy atom. The molecule has 0 atom stereocenters. The molecule has 0 aliphatic heterocycles. The van der Waals surface area contributed by atoms with Crippen molar-refractivity contribution in [1.29, 1.82) is 0 Å². The fourth-order valence-electron chi connectivity index (χ4n) is 1.87. The van der Waals surface area contributed by atoms with Gasteiger partial charge in [-0.3, -0.25) is 9.78 Å². The zero-order chi connectivity index (χ0) is 14.3. The monoisotopic (exact) mass is 282 g/mol. The second-order valence-electron chi connectivity index (χ2n) is 4.80. The van der Waals surface area contributed by atoms with Gasteiger partial charge in [-0.25, -0.2) is 0 Å². The summed E-state index contributed by atoms with van der Waals surface area (Å²) in [4.78, 5) is 18.6. The van der Waals surface area contributed by atoms with Crippen molar-refractivity contribution < 1.29 is 4.79 Å². The number of halogens is 1. The van der Waals surface area contributed by atoms with Gasteiger partial charge in [0.25, 0.3) is 5.91 Å². The van der Waals surface area contributed by atoms with Gasteiger partial charge in [0.05, 0.1) is 10.6 Å². The van der Waals surface area contributed by atoms with Crippen LogP contribution in [0.5, 0.6) is 0 Å². The molecular formula is C15H23ClN2O. The van der Waals surface area contributed by atoms with Crippen LogP contribution in [0.2, 0.25) is 5.02 Å². The summed E-state index contributed by atoms with van der Waals surface area (Å²) in [6.07, 6.45) is 5.79. The maximum absolute atomic E-state index is 12.5. The number of hydrogen-bond acceptors (Lipinski definition) is 2. The fourth-order valence-corrected chi connectivity index (χ4v) is 2.15. The van der Waals surface area contributed by atoms with Crippen molar-refractivity contribution in [1.82, 2.24) is 9.88 Å². The second kappa shape index (κ2) is 8.16. The Kier molecular flexibility index (Phi) is 6.85. The third-order valence-corrected chi connectivity index (χ3v) is 3.38. The predicted octanol–water partition coefficient (Wildman–Crippen LogP) is 4.09. The normalized spacial score (nSPS) is 10.5. The van der Waals surface area contributed by atoms with E-state index in [1.54, 1.807) is 12.3 Å². The number of aryl methyl sites for hydroxylation is 1. The van der Waals surface area contributed by atoms with Gasteiger partial charge >= 0.3 is 0 Å². The van der Waals surface area contributed by atoms with Gasteiger partial charge in [0.1, 0.15) is 0 Å². The molecule has 0 radical (unpaired) electrons. The van der Waals surface area contributed by atoms with Crippen molar-refractivity contribution in [2.75, 3.05) is 13.1 Å². The van der Waals surface area contributed by atoms with E-state index in [0.717, 1.165) is 44.5 Å². The Bertz CT molecular complexity index is 413. The van der Waals surface area contributed by atoms with Gasteiger partial charge in [-0.15, -0.1) is 0 Å². The summed E-state index contributed by atoms with van der Waals surface area (Å²) in [5.74, 6) is -0.000556. The van der Waals surface area contributed by atoms with E-state index in [2.05, 4.69) is 18.8 Å². The highest BCUT2D eigenvalue weighted by Gasteiger charge is 2.18. The molecule has 1 amide bonds. The van der Waals surface area contributed by atoms with Crippen molar-refractivity contribution >= 4 is 17.5 Å². The van der Waals surface area contributed by atoms with Crippen molar-refractivity contribution in [2.24, 2.45) is 0 Å². The summed E-state index contributed by atoms with van der Waals surface area (Å²) in [5.41, 5.74) is 1.34. The van der Waals surface area contributed by atoms with E-state index in [9.17, 15) is 4.79 Å². The maximum atomic E-state index is 12.5. The fraction of sp³-hybridized carbons (Fsp3) is 0.600. The number of rotatable bonds is 7. The standard InChI is InChI=1S/C15H23ClN2O/c1-4-6-8-18(9-7-5-2)15(19)13-11-17-12(3)10-14(13)16/h10-11H,4-9H2,1-3H3. The SMILES string of the molecule is CCCCN(CCCC)C(=O)c1cnc(C)cc1Cl. The van der Waals surface area contributed by atoms with Crippen LogP contribution in [0.4, 0.5) is 0 Å². The van der Waals surface area contributed by atoms with Crippen molar-refractivity contribution in [3.63, 3.8) is 0 Å². The van der Waals surface area contributed by atoms with Crippen LogP contribution < -0.4 is 0 Å². The van der Waals surface area contributed by atoms with Crippen LogP contribution in [0.15, 0.2) is 12.3 Å². The summed E-state index contributed by atoms with van der Waals surface area (Å²) in [6.45, 7) is 7.71. The molecule has 1 heterocycles. The minimum Gasteiger partial charge on any atom is -0.339 e. The summed E-state index contributed by atoms with van der Waals surface area (Å²) >= 11 is 6.15. The second-order valence-corrected chi connectivity index (χ2v) is 5.21.